The summed E-state index contributed by atoms with van der Waals surface area (Å²) in [6, 6.07) is 0.642. The lowest BCUT2D eigenvalue weighted by Crippen LogP contribution is -2.16. The standard InChI is InChI=1S/C11H15N5OS/c1-6(2)9-10(18-16-14-9)11-13-8(15-17-11)5-12-7-3-4-7/h6-7,12H,3-5H2,1-2H3. The SMILES string of the molecule is CC(C)c1nnsc1-c1nc(CNC2CC2)no1. The highest BCUT2D eigenvalue weighted by atomic mass is 32.1. The number of nitrogens with zero attached hydrogens (tertiary/aromatic N) is 4. The van der Waals surface area contributed by atoms with Gasteiger partial charge in [-0.05, 0) is 30.3 Å². The van der Waals surface area contributed by atoms with E-state index in [-0.39, 0.29) is 0 Å². The monoisotopic (exact) mass is 265 g/mol. The van der Waals surface area contributed by atoms with Crippen LogP contribution in [0.2, 0.25) is 0 Å². The average molecular weight is 265 g/mol. The summed E-state index contributed by atoms with van der Waals surface area (Å²) in [5, 5.41) is 11.4. The minimum absolute atomic E-state index is 0.304. The molecule has 1 saturated carbocycles. The zero-order valence-corrected chi connectivity index (χ0v) is 11.2. The molecule has 2 aromatic heterocycles. The molecule has 1 N–H and O–H groups in total. The molecule has 18 heavy (non-hydrogen) atoms. The van der Waals surface area contributed by atoms with Gasteiger partial charge in [-0.25, -0.2) is 0 Å². The summed E-state index contributed by atoms with van der Waals surface area (Å²) in [6.45, 7) is 4.82. The first kappa shape index (κ1) is 11.7. The van der Waals surface area contributed by atoms with Crippen LogP contribution in [-0.4, -0.2) is 25.8 Å². The Labute approximate surface area is 109 Å². The van der Waals surface area contributed by atoms with Crippen LogP contribution >= 0.6 is 11.5 Å². The van der Waals surface area contributed by atoms with Crippen molar-refractivity contribution in [1.82, 2.24) is 25.0 Å². The molecule has 7 heteroatoms. The molecular formula is C11H15N5OS. The minimum atomic E-state index is 0.304. The van der Waals surface area contributed by atoms with Gasteiger partial charge < -0.3 is 9.84 Å². The Kier molecular flexibility index (Phi) is 3.09. The molecule has 3 rings (SSSR count). The van der Waals surface area contributed by atoms with Crippen LogP contribution in [0.5, 0.6) is 0 Å². The summed E-state index contributed by atoms with van der Waals surface area (Å²) < 4.78 is 9.24. The lowest BCUT2D eigenvalue weighted by molar-refractivity contribution is 0.419. The summed E-state index contributed by atoms with van der Waals surface area (Å²) in [4.78, 5) is 5.27. The zero-order chi connectivity index (χ0) is 12.5. The fourth-order valence-corrected chi connectivity index (χ4v) is 2.41. The van der Waals surface area contributed by atoms with Gasteiger partial charge in [-0.15, -0.1) is 5.10 Å². The third kappa shape index (κ3) is 2.41. The van der Waals surface area contributed by atoms with Crippen LogP contribution in [-0.2, 0) is 6.54 Å². The maximum atomic E-state index is 5.28. The molecule has 1 aliphatic carbocycles. The van der Waals surface area contributed by atoms with E-state index in [1.165, 1.54) is 24.4 Å². The minimum Gasteiger partial charge on any atom is -0.333 e. The summed E-state index contributed by atoms with van der Waals surface area (Å²) in [5.74, 6) is 1.53. The van der Waals surface area contributed by atoms with Crippen molar-refractivity contribution in [3.8, 4) is 10.8 Å². The second-order valence-corrected chi connectivity index (χ2v) is 5.57. The van der Waals surface area contributed by atoms with E-state index in [0.29, 0.717) is 30.2 Å². The van der Waals surface area contributed by atoms with Crippen molar-refractivity contribution in [1.29, 1.82) is 0 Å². The largest absolute Gasteiger partial charge is 0.333 e. The van der Waals surface area contributed by atoms with Gasteiger partial charge in [0.2, 0.25) is 0 Å². The highest BCUT2D eigenvalue weighted by Crippen LogP contribution is 2.29. The van der Waals surface area contributed by atoms with Gasteiger partial charge in [0.25, 0.3) is 5.89 Å². The quantitative estimate of drug-likeness (QED) is 0.890. The van der Waals surface area contributed by atoms with Crippen molar-refractivity contribution in [3.05, 3.63) is 11.5 Å². The highest BCUT2D eigenvalue weighted by molar-refractivity contribution is 7.09. The Morgan fingerprint density at radius 1 is 1.44 bits per heavy atom. The van der Waals surface area contributed by atoms with Gasteiger partial charge in [-0.2, -0.15) is 4.98 Å². The molecule has 6 nitrogen and oxygen atoms in total. The highest BCUT2D eigenvalue weighted by Gasteiger charge is 2.22. The molecule has 0 aromatic carbocycles. The van der Waals surface area contributed by atoms with E-state index < -0.39 is 0 Å². The maximum absolute atomic E-state index is 5.28. The number of nitrogens with one attached hydrogen (secondary N) is 1. The van der Waals surface area contributed by atoms with Gasteiger partial charge in [0.1, 0.15) is 4.88 Å². The van der Waals surface area contributed by atoms with Gasteiger partial charge in [-0.1, -0.05) is 23.5 Å². The molecule has 0 unspecified atom stereocenters. The van der Waals surface area contributed by atoms with E-state index in [2.05, 4.69) is 38.9 Å². The molecule has 0 spiro atoms. The lowest BCUT2D eigenvalue weighted by atomic mass is 10.1. The van der Waals surface area contributed by atoms with E-state index in [9.17, 15) is 0 Å². The fourth-order valence-electron chi connectivity index (χ4n) is 1.66. The third-order valence-corrected chi connectivity index (χ3v) is 3.58. The lowest BCUT2D eigenvalue weighted by Gasteiger charge is -1.99. The van der Waals surface area contributed by atoms with E-state index in [0.717, 1.165) is 10.6 Å². The van der Waals surface area contributed by atoms with Gasteiger partial charge >= 0.3 is 0 Å². The first-order chi connectivity index (χ1) is 8.74. The Bertz CT molecular complexity index is 531. The smallest absolute Gasteiger partial charge is 0.271 e. The molecule has 0 amide bonds. The van der Waals surface area contributed by atoms with Crippen LogP contribution in [0.1, 0.15) is 44.1 Å². The predicted octanol–water partition coefficient (Wildman–Crippen LogP) is 1.96. The maximum Gasteiger partial charge on any atom is 0.271 e. The Balaban J connectivity index is 1.76. The molecule has 0 aliphatic heterocycles. The van der Waals surface area contributed by atoms with E-state index in [4.69, 9.17) is 4.52 Å². The van der Waals surface area contributed by atoms with Crippen molar-refractivity contribution >= 4 is 11.5 Å². The molecule has 96 valence electrons. The van der Waals surface area contributed by atoms with E-state index in [1.807, 2.05) is 0 Å². The summed E-state index contributed by atoms with van der Waals surface area (Å²) in [6.07, 6.45) is 2.50. The number of rotatable bonds is 5. The van der Waals surface area contributed by atoms with E-state index in [1.54, 1.807) is 0 Å². The molecule has 0 atom stereocenters. The third-order valence-electron chi connectivity index (χ3n) is 2.85. The van der Waals surface area contributed by atoms with E-state index >= 15 is 0 Å². The van der Waals surface area contributed by atoms with Gasteiger partial charge in [0.15, 0.2) is 5.82 Å². The summed E-state index contributed by atoms with van der Waals surface area (Å²) in [5.41, 5.74) is 0.922. The van der Waals surface area contributed by atoms with Crippen LogP contribution in [0.15, 0.2) is 4.52 Å². The fraction of sp³-hybridized carbons (Fsp3) is 0.636. The van der Waals surface area contributed by atoms with Crippen molar-refractivity contribution in [3.63, 3.8) is 0 Å². The number of aromatic nitrogens is 4. The van der Waals surface area contributed by atoms with Crippen LogP contribution in [0.3, 0.4) is 0 Å². The van der Waals surface area contributed by atoms with Crippen LogP contribution in [0.25, 0.3) is 10.8 Å². The Morgan fingerprint density at radius 2 is 2.28 bits per heavy atom. The second kappa shape index (κ2) is 4.74. The first-order valence-corrected chi connectivity index (χ1v) is 6.90. The summed E-state index contributed by atoms with van der Waals surface area (Å²) >= 11 is 1.30. The summed E-state index contributed by atoms with van der Waals surface area (Å²) in [7, 11) is 0. The van der Waals surface area contributed by atoms with Crippen LogP contribution < -0.4 is 5.32 Å². The topological polar surface area (TPSA) is 76.7 Å². The van der Waals surface area contributed by atoms with Crippen molar-refractivity contribution in [2.75, 3.05) is 0 Å². The molecule has 0 saturated heterocycles. The first-order valence-electron chi connectivity index (χ1n) is 6.12. The molecule has 1 fully saturated rings. The second-order valence-electron chi connectivity index (χ2n) is 4.81. The van der Waals surface area contributed by atoms with Gasteiger partial charge in [-0.3, -0.25) is 0 Å². The zero-order valence-electron chi connectivity index (χ0n) is 10.4. The van der Waals surface area contributed by atoms with Crippen LogP contribution in [0, 0.1) is 0 Å². The van der Waals surface area contributed by atoms with Crippen molar-refractivity contribution in [2.24, 2.45) is 0 Å². The van der Waals surface area contributed by atoms with Gasteiger partial charge in [0, 0.05) is 6.04 Å². The van der Waals surface area contributed by atoms with Crippen molar-refractivity contribution < 1.29 is 4.52 Å². The van der Waals surface area contributed by atoms with Crippen molar-refractivity contribution in [2.45, 2.75) is 45.2 Å². The van der Waals surface area contributed by atoms with Crippen LogP contribution in [0.4, 0.5) is 0 Å². The Hall–Kier alpha value is -1.34. The Morgan fingerprint density at radius 3 is 3.00 bits per heavy atom. The number of hydrogen-bond donors (Lipinski definition) is 1. The molecule has 1 aliphatic rings. The molecule has 2 heterocycles. The number of hydrogen-bond acceptors (Lipinski definition) is 7. The predicted molar refractivity (Wildman–Crippen MR) is 67.2 cm³/mol. The molecule has 2 aromatic rings. The average Bonchev–Trinajstić information content (AvgIpc) is 2.88. The molecular weight excluding hydrogens is 250 g/mol. The normalized spacial score (nSPS) is 15.5. The van der Waals surface area contributed by atoms with Gasteiger partial charge in [0.05, 0.1) is 12.2 Å². The molecule has 0 radical (unpaired) electrons. The molecule has 0 bridgehead atoms.